The molecule has 0 aromatic carbocycles. The van der Waals surface area contributed by atoms with Gasteiger partial charge in [0.1, 0.15) is 0 Å². The molecular formula is C6H8BrN. The van der Waals surface area contributed by atoms with E-state index in [1.165, 1.54) is 0 Å². The standard InChI is InChI=1S/C5H4BrN.CH4/c6-5-1-3-7-4-2-5;/h1-4H;1H4. The second-order valence-corrected chi connectivity index (χ2v) is 2.08. The van der Waals surface area contributed by atoms with E-state index in [0.29, 0.717) is 0 Å². The van der Waals surface area contributed by atoms with Gasteiger partial charge in [-0.2, -0.15) is 0 Å². The molecule has 0 bridgehead atoms. The first kappa shape index (κ1) is 7.63. The quantitative estimate of drug-likeness (QED) is 0.588. The molecule has 8 heavy (non-hydrogen) atoms. The van der Waals surface area contributed by atoms with E-state index in [0.717, 1.165) is 4.47 Å². The Balaban J connectivity index is 0.000000490. The Morgan fingerprint density at radius 2 is 1.75 bits per heavy atom. The molecule has 2 heteroatoms. The summed E-state index contributed by atoms with van der Waals surface area (Å²) in [6.45, 7) is 0. The summed E-state index contributed by atoms with van der Waals surface area (Å²) >= 11 is 3.27. The van der Waals surface area contributed by atoms with Crippen molar-refractivity contribution in [1.82, 2.24) is 4.98 Å². The van der Waals surface area contributed by atoms with Crippen molar-refractivity contribution in [3.05, 3.63) is 29.0 Å². The van der Waals surface area contributed by atoms with Crippen LogP contribution in [0.1, 0.15) is 7.43 Å². The molecule has 0 unspecified atom stereocenters. The Labute approximate surface area is 57.9 Å². The van der Waals surface area contributed by atoms with Crippen LogP contribution in [0, 0.1) is 0 Å². The van der Waals surface area contributed by atoms with Gasteiger partial charge < -0.3 is 0 Å². The second kappa shape index (κ2) is 3.61. The molecule has 0 N–H and O–H groups in total. The molecule has 1 aromatic heterocycles. The molecule has 0 amide bonds. The maximum atomic E-state index is 3.82. The van der Waals surface area contributed by atoms with Crippen molar-refractivity contribution in [3.63, 3.8) is 0 Å². The van der Waals surface area contributed by atoms with Crippen molar-refractivity contribution in [2.24, 2.45) is 0 Å². The van der Waals surface area contributed by atoms with Crippen molar-refractivity contribution in [2.75, 3.05) is 0 Å². The molecule has 0 atom stereocenters. The van der Waals surface area contributed by atoms with E-state index in [1.807, 2.05) is 12.1 Å². The van der Waals surface area contributed by atoms with Crippen LogP contribution in [0.4, 0.5) is 0 Å². The van der Waals surface area contributed by atoms with E-state index in [4.69, 9.17) is 0 Å². The summed E-state index contributed by atoms with van der Waals surface area (Å²) in [6.07, 6.45) is 3.48. The minimum Gasteiger partial charge on any atom is -0.265 e. The fourth-order valence-corrected chi connectivity index (χ4v) is 0.570. The molecule has 1 nitrogen and oxygen atoms in total. The molecular weight excluding hydrogens is 166 g/mol. The minimum atomic E-state index is 0. The van der Waals surface area contributed by atoms with Crippen LogP contribution in [-0.4, -0.2) is 4.98 Å². The first-order valence-electron chi connectivity index (χ1n) is 1.95. The van der Waals surface area contributed by atoms with Gasteiger partial charge in [0.25, 0.3) is 0 Å². The number of hydrogen-bond acceptors (Lipinski definition) is 1. The summed E-state index contributed by atoms with van der Waals surface area (Å²) in [4.78, 5) is 3.82. The van der Waals surface area contributed by atoms with Gasteiger partial charge in [0, 0.05) is 16.9 Å². The maximum absolute atomic E-state index is 3.82. The number of pyridine rings is 1. The van der Waals surface area contributed by atoms with Crippen LogP contribution in [0.5, 0.6) is 0 Å². The van der Waals surface area contributed by atoms with Gasteiger partial charge in [-0.3, -0.25) is 4.98 Å². The predicted molar refractivity (Wildman–Crippen MR) is 38.7 cm³/mol. The summed E-state index contributed by atoms with van der Waals surface area (Å²) in [5.41, 5.74) is 0. The highest BCUT2D eigenvalue weighted by molar-refractivity contribution is 9.10. The predicted octanol–water partition coefficient (Wildman–Crippen LogP) is 2.48. The molecule has 0 spiro atoms. The topological polar surface area (TPSA) is 12.9 Å². The monoisotopic (exact) mass is 173 g/mol. The maximum Gasteiger partial charge on any atom is 0.0279 e. The average molecular weight is 174 g/mol. The van der Waals surface area contributed by atoms with Crippen LogP contribution in [0.3, 0.4) is 0 Å². The van der Waals surface area contributed by atoms with E-state index in [2.05, 4.69) is 20.9 Å². The molecule has 0 radical (unpaired) electrons. The molecule has 0 aliphatic heterocycles. The van der Waals surface area contributed by atoms with E-state index in [-0.39, 0.29) is 7.43 Å². The van der Waals surface area contributed by atoms with Crippen molar-refractivity contribution in [2.45, 2.75) is 7.43 Å². The van der Waals surface area contributed by atoms with Gasteiger partial charge in [0.05, 0.1) is 0 Å². The van der Waals surface area contributed by atoms with Crippen LogP contribution >= 0.6 is 15.9 Å². The van der Waals surface area contributed by atoms with Crippen molar-refractivity contribution in [3.8, 4) is 0 Å². The van der Waals surface area contributed by atoms with Crippen molar-refractivity contribution in [1.29, 1.82) is 0 Å². The lowest BCUT2D eigenvalue weighted by Crippen LogP contribution is -1.63. The van der Waals surface area contributed by atoms with Gasteiger partial charge in [0.15, 0.2) is 0 Å². The number of aromatic nitrogens is 1. The lowest BCUT2D eigenvalue weighted by molar-refractivity contribution is 1.32. The molecule has 0 fully saturated rings. The Morgan fingerprint density at radius 1 is 1.25 bits per heavy atom. The summed E-state index contributed by atoms with van der Waals surface area (Å²) in [7, 11) is 0. The summed E-state index contributed by atoms with van der Waals surface area (Å²) in [5, 5.41) is 0. The largest absolute Gasteiger partial charge is 0.265 e. The number of nitrogens with zero attached hydrogens (tertiary/aromatic N) is 1. The minimum absolute atomic E-state index is 0. The van der Waals surface area contributed by atoms with Gasteiger partial charge in [-0.05, 0) is 12.1 Å². The Bertz CT molecular complexity index is 138. The first-order valence-corrected chi connectivity index (χ1v) is 2.74. The Kier molecular flexibility index (Phi) is 3.44. The SMILES string of the molecule is Brc1ccncc1.C. The van der Waals surface area contributed by atoms with Crippen LogP contribution in [0.15, 0.2) is 29.0 Å². The van der Waals surface area contributed by atoms with Gasteiger partial charge in [-0.25, -0.2) is 0 Å². The average Bonchev–Trinajstić information content (AvgIpc) is 1.69. The summed E-state index contributed by atoms with van der Waals surface area (Å²) in [5.74, 6) is 0. The van der Waals surface area contributed by atoms with E-state index in [9.17, 15) is 0 Å². The van der Waals surface area contributed by atoms with Gasteiger partial charge >= 0.3 is 0 Å². The molecule has 1 aromatic rings. The molecule has 1 rings (SSSR count). The van der Waals surface area contributed by atoms with Crippen LogP contribution in [0.2, 0.25) is 0 Å². The van der Waals surface area contributed by atoms with Gasteiger partial charge in [-0.15, -0.1) is 0 Å². The second-order valence-electron chi connectivity index (χ2n) is 1.17. The summed E-state index contributed by atoms with van der Waals surface area (Å²) < 4.78 is 1.07. The summed E-state index contributed by atoms with van der Waals surface area (Å²) in [6, 6.07) is 3.78. The van der Waals surface area contributed by atoms with Gasteiger partial charge in [-0.1, -0.05) is 23.4 Å². The molecule has 1 heterocycles. The third-order valence-corrected chi connectivity index (χ3v) is 1.17. The number of hydrogen-bond donors (Lipinski definition) is 0. The lowest BCUT2D eigenvalue weighted by atomic mass is 10.5. The smallest absolute Gasteiger partial charge is 0.0279 e. The zero-order chi connectivity index (χ0) is 5.11. The third-order valence-electron chi connectivity index (χ3n) is 0.640. The highest BCUT2D eigenvalue weighted by Crippen LogP contribution is 2.03. The highest BCUT2D eigenvalue weighted by Gasteiger charge is 1.75. The zero-order valence-corrected chi connectivity index (χ0v) is 5.22. The lowest BCUT2D eigenvalue weighted by Gasteiger charge is -1.80. The van der Waals surface area contributed by atoms with Crippen LogP contribution < -0.4 is 0 Å². The van der Waals surface area contributed by atoms with Gasteiger partial charge in [0.2, 0.25) is 0 Å². The molecule has 0 saturated carbocycles. The zero-order valence-electron chi connectivity index (χ0n) is 3.63. The first-order chi connectivity index (χ1) is 3.39. The van der Waals surface area contributed by atoms with Crippen LogP contribution in [0.25, 0.3) is 0 Å². The van der Waals surface area contributed by atoms with E-state index >= 15 is 0 Å². The van der Waals surface area contributed by atoms with Crippen molar-refractivity contribution < 1.29 is 0 Å². The molecule has 0 saturated heterocycles. The Hall–Kier alpha value is -0.370. The molecule has 0 aliphatic rings. The number of halogens is 1. The number of rotatable bonds is 0. The third kappa shape index (κ3) is 2.07. The van der Waals surface area contributed by atoms with E-state index in [1.54, 1.807) is 12.4 Å². The van der Waals surface area contributed by atoms with E-state index < -0.39 is 0 Å². The van der Waals surface area contributed by atoms with Crippen LogP contribution in [-0.2, 0) is 0 Å². The fraction of sp³-hybridized carbons (Fsp3) is 0.167. The fourth-order valence-electron chi connectivity index (χ4n) is 0.334. The van der Waals surface area contributed by atoms with Crippen molar-refractivity contribution >= 4 is 15.9 Å². The normalized spacial score (nSPS) is 7.62. The highest BCUT2D eigenvalue weighted by atomic mass is 79.9. The Morgan fingerprint density at radius 3 is 2.00 bits per heavy atom. The molecule has 0 aliphatic carbocycles. The molecule has 44 valence electrons.